The Hall–Kier alpha value is -1.81. The number of methoxy groups -OCH3 is 1. The summed E-state index contributed by atoms with van der Waals surface area (Å²) in [6.07, 6.45) is 2.20. The van der Waals surface area contributed by atoms with E-state index in [-0.39, 0.29) is 11.8 Å². The highest BCUT2D eigenvalue weighted by atomic mass is 35.5. The molecule has 1 heterocycles. The van der Waals surface area contributed by atoms with Gasteiger partial charge in [0.2, 0.25) is 5.91 Å². The molecule has 0 N–H and O–H groups in total. The van der Waals surface area contributed by atoms with E-state index in [4.69, 9.17) is 11.6 Å². The van der Waals surface area contributed by atoms with Gasteiger partial charge in [-0.1, -0.05) is 17.7 Å². The molecule has 4 nitrogen and oxygen atoms in total. The van der Waals surface area contributed by atoms with Crippen molar-refractivity contribution in [1.82, 2.24) is 0 Å². The van der Waals surface area contributed by atoms with E-state index in [9.17, 15) is 9.59 Å². The van der Waals surface area contributed by atoms with E-state index in [0.717, 1.165) is 0 Å². The molecule has 1 fully saturated rings. The van der Waals surface area contributed by atoms with Crippen LogP contribution in [0.5, 0.6) is 0 Å². The summed E-state index contributed by atoms with van der Waals surface area (Å²) < 4.78 is 4.66. The third kappa shape index (κ3) is 2.79. The first-order valence-corrected chi connectivity index (χ1v) is 6.24. The summed E-state index contributed by atoms with van der Waals surface area (Å²) in [6.45, 7) is 4.26. The van der Waals surface area contributed by atoms with Gasteiger partial charge in [-0.05, 0) is 18.2 Å². The van der Waals surface area contributed by atoms with E-state index >= 15 is 0 Å². The number of nitrogens with zero attached hydrogens (tertiary/aromatic N) is 1. The molecular weight excluding hydrogens is 266 g/mol. The number of rotatable bonds is 3. The van der Waals surface area contributed by atoms with Crippen LogP contribution in [0.4, 0.5) is 5.69 Å². The molecule has 2 rings (SSSR count). The SMILES string of the molecule is C=CC1CC(=O)N(c2cc(Cl)cc(C(=O)OC)c2)C1. The number of ether oxygens (including phenoxy) is 1. The molecule has 1 saturated heterocycles. The first-order valence-electron chi connectivity index (χ1n) is 5.87. The fourth-order valence-electron chi connectivity index (χ4n) is 2.11. The number of amides is 1. The molecule has 0 saturated carbocycles. The summed E-state index contributed by atoms with van der Waals surface area (Å²) in [5, 5.41) is 0.396. The Labute approximate surface area is 116 Å². The van der Waals surface area contributed by atoms with E-state index in [1.165, 1.54) is 13.2 Å². The molecule has 1 aliphatic rings. The average molecular weight is 280 g/mol. The predicted octanol–water partition coefficient (Wildman–Crippen LogP) is 2.67. The summed E-state index contributed by atoms with van der Waals surface area (Å²) in [5.74, 6) is -0.341. The number of anilines is 1. The Morgan fingerprint density at radius 2 is 2.26 bits per heavy atom. The minimum Gasteiger partial charge on any atom is -0.465 e. The molecule has 0 radical (unpaired) electrons. The number of halogens is 1. The topological polar surface area (TPSA) is 46.6 Å². The molecule has 1 aliphatic heterocycles. The van der Waals surface area contributed by atoms with Crippen molar-refractivity contribution in [2.24, 2.45) is 5.92 Å². The highest BCUT2D eigenvalue weighted by molar-refractivity contribution is 6.31. The Kier molecular flexibility index (Phi) is 3.90. The van der Waals surface area contributed by atoms with Crippen molar-refractivity contribution in [1.29, 1.82) is 0 Å². The van der Waals surface area contributed by atoms with Crippen molar-refractivity contribution in [2.75, 3.05) is 18.6 Å². The lowest BCUT2D eigenvalue weighted by Gasteiger charge is -2.17. The van der Waals surface area contributed by atoms with E-state index in [2.05, 4.69) is 11.3 Å². The Balaban J connectivity index is 2.35. The van der Waals surface area contributed by atoms with E-state index in [0.29, 0.717) is 29.2 Å². The zero-order valence-corrected chi connectivity index (χ0v) is 11.3. The number of carbonyl (C=O) groups excluding carboxylic acids is 2. The lowest BCUT2D eigenvalue weighted by molar-refractivity contribution is -0.117. The molecule has 0 aliphatic carbocycles. The van der Waals surface area contributed by atoms with E-state index in [1.807, 2.05) is 0 Å². The molecule has 100 valence electrons. The van der Waals surface area contributed by atoms with Gasteiger partial charge in [-0.2, -0.15) is 0 Å². The number of esters is 1. The summed E-state index contributed by atoms with van der Waals surface area (Å²) in [4.78, 5) is 25.1. The highest BCUT2D eigenvalue weighted by Gasteiger charge is 2.29. The van der Waals surface area contributed by atoms with Crippen LogP contribution in [-0.2, 0) is 9.53 Å². The van der Waals surface area contributed by atoms with Crippen LogP contribution < -0.4 is 4.90 Å². The fraction of sp³-hybridized carbons (Fsp3) is 0.286. The lowest BCUT2D eigenvalue weighted by Crippen LogP contribution is -2.24. The van der Waals surface area contributed by atoms with Gasteiger partial charge in [-0.15, -0.1) is 6.58 Å². The monoisotopic (exact) mass is 279 g/mol. The van der Waals surface area contributed by atoms with Gasteiger partial charge in [0.15, 0.2) is 0 Å². The van der Waals surface area contributed by atoms with Crippen LogP contribution in [0.15, 0.2) is 30.9 Å². The molecule has 19 heavy (non-hydrogen) atoms. The van der Waals surface area contributed by atoms with E-state index < -0.39 is 5.97 Å². The lowest BCUT2D eigenvalue weighted by atomic mass is 10.1. The molecule has 0 aromatic heterocycles. The molecule has 1 atom stereocenters. The highest BCUT2D eigenvalue weighted by Crippen LogP contribution is 2.29. The van der Waals surface area contributed by atoms with Crippen LogP contribution in [0.25, 0.3) is 0 Å². The third-order valence-electron chi connectivity index (χ3n) is 3.10. The van der Waals surface area contributed by atoms with Crippen LogP contribution in [-0.4, -0.2) is 25.5 Å². The molecular formula is C14H14ClNO3. The second-order valence-corrected chi connectivity index (χ2v) is 4.83. The zero-order valence-electron chi connectivity index (χ0n) is 10.6. The van der Waals surface area contributed by atoms with Gasteiger partial charge in [0.25, 0.3) is 0 Å². The van der Waals surface area contributed by atoms with Crippen LogP contribution in [0.3, 0.4) is 0 Å². The van der Waals surface area contributed by atoms with Gasteiger partial charge < -0.3 is 9.64 Å². The first kappa shape index (κ1) is 13.6. The number of hydrogen-bond acceptors (Lipinski definition) is 3. The van der Waals surface area contributed by atoms with Crippen LogP contribution >= 0.6 is 11.6 Å². The van der Waals surface area contributed by atoms with E-state index in [1.54, 1.807) is 23.1 Å². The maximum Gasteiger partial charge on any atom is 0.337 e. The van der Waals surface area contributed by atoms with Crippen molar-refractivity contribution in [2.45, 2.75) is 6.42 Å². The molecule has 1 aromatic carbocycles. The van der Waals surface area contributed by atoms with Crippen LogP contribution in [0.2, 0.25) is 5.02 Å². The minimum atomic E-state index is -0.476. The Morgan fingerprint density at radius 1 is 1.53 bits per heavy atom. The average Bonchev–Trinajstić information content (AvgIpc) is 2.78. The largest absolute Gasteiger partial charge is 0.465 e. The van der Waals surface area contributed by atoms with Gasteiger partial charge in [0.05, 0.1) is 12.7 Å². The zero-order chi connectivity index (χ0) is 14.0. The van der Waals surface area contributed by atoms with Crippen molar-refractivity contribution in [3.8, 4) is 0 Å². The summed E-state index contributed by atoms with van der Waals surface area (Å²) in [5.41, 5.74) is 0.946. The van der Waals surface area contributed by atoms with Gasteiger partial charge in [-0.3, -0.25) is 4.79 Å². The predicted molar refractivity (Wildman–Crippen MR) is 73.4 cm³/mol. The number of carbonyl (C=O) groups is 2. The maximum absolute atomic E-state index is 11.9. The first-order chi connectivity index (χ1) is 9.05. The molecule has 5 heteroatoms. The second-order valence-electron chi connectivity index (χ2n) is 4.39. The maximum atomic E-state index is 11.9. The summed E-state index contributed by atoms with van der Waals surface area (Å²) in [7, 11) is 1.30. The van der Waals surface area contributed by atoms with Crippen LogP contribution in [0, 0.1) is 5.92 Å². The summed E-state index contributed by atoms with van der Waals surface area (Å²) >= 11 is 5.98. The van der Waals surface area contributed by atoms with Gasteiger partial charge in [0, 0.05) is 29.6 Å². The molecule has 1 aromatic rings. The molecule has 1 amide bonds. The smallest absolute Gasteiger partial charge is 0.337 e. The minimum absolute atomic E-state index is 0.00276. The number of hydrogen-bond donors (Lipinski definition) is 0. The van der Waals surface area contributed by atoms with Crippen LogP contribution in [0.1, 0.15) is 16.8 Å². The second kappa shape index (κ2) is 5.45. The van der Waals surface area contributed by atoms with Crippen molar-refractivity contribution >= 4 is 29.2 Å². The molecule has 0 bridgehead atoms. The normalized spacial score (nSPS) is 18.5. The summed E-state index contributed by atoms with van der Waals surface area (Å²) in [6, 6.07) is 4.79. The standard InChI is InChI=1S/C14H14ClNO3/c1-3-9-4-13(17)16(8-9)12-6-10(14(18)19-2)5-11(15)7-12/h3,5-7,9H,1,4,8H2,2H3. The number of benzene rings is 1. The van der Waals surface area contributed by atoms with Gasteiger partial charge in [0.1, 0.15) is 0 Å². The third-order valence-corrected chi connectivity index (χ3v) is 3.32. The Bertz CT molecular complexity index is 541. The molecule has 0 spiro atoms. The Morgan fingerprint density at radius 3 is 2.84 bits per heavy atom. The van der Waals surface area contributed by atoms with Crippen molar-refractivity contribution in [3.05, 3.63) is 41.4 Å². The van der Waals surface area contributed by atoms with Crippen molar-refractivity contribution in [3.63, 3.8) is 0 Å². The van der Waals surface area contributed by atoms with Gasteiger partial charge >= 0.3 is 5.97 Å². The molecule has 1 unspecified atom stereocenters. The van der Waals surface area contributed by atoms with Crippen molar-refractivity contribution < 1.29 is 14.3 Å². The fourth-order valence-corrected chi connectivity index (χ4v) is 2.34. The van der Waals surface area contributed by atoms with Gasteiger partial charge in [-0.25, -0.2) is 4.79 Å². The quantitative estimate of drug-likeness (QED) is 0.631.